The molecule has 2 aromatic rings. The Kier molecular flexibility index (Phi) is 4.09. The summed E-state index contributed by atoms with van der Waals surface area (Å²) >= 11 is 6.89. The Morgan fingerprint density at radius 3 is 2.77 bits per heavy atom. The minimum absolute atomic E-state index is 0.250. The summed E-state index contributed by atoms with van der Waals surface area (Å²) in [6.45, 7) is 2.14. The maximum Gasteiger partial charge on any atom is 0.293 e. The fraction of sp³-hybridized carbons (Fsp3) is 0.125. The second-order valence-corrected chi connectivity index (χ2v) is 6.07. The molecule has 1 aromatic heterocycles. The number of likely N-dealkylation sites (N-methyl/N-ethyl adjacent to an activating group) is 1. The Balaban J connectivity index is 1.88. The Hall–Kier alpha value is -1.98. The molecule has 0 atom stereocenters. The zero-order valence-corrected chi connectivity index (χ0v) is 13.3. The molecule has 2 amide bonds. The molecule has 0 aliphatic carbocycles. The number of amides is 2. The van der Waals surface area contributed by atoms with E-state index < -0.39 is 0 Å². The lowest BCUT2D eigenvalue weighted by Crippen LogP contribution is -2.27. The van der Waals surface area contributed by atoms with Gasteiger partial charge in [-0.15, -0.1) is 0 Å². The van der Waals surface area contributed by atoms with Gasteiger partial charge in [-0.2, -0.15) is 0 Å². The van der Waals surface area contributed by atoms with Gasteiger partial charge in [-0.1, -0.05) is 23.7 Å². The molecule has 0 spiro atoms. The van der Waals surface area contributed by atoms with Crippen LogP contribution in [0.5, 0.6) is 0 Å². The highest BCUT2D eigenvalue weighted by atomic mass is 35.5. The summed E-state index contributed by atoms with van der Waals surface area (Å²) < 4.78 is 5.71. The molecule has 1 aromatic carbocycles. The quantitative estimate of drug-likeness (QED) is 0.767. The van der Waals surface area contributed by atoms with E-state index in [2.05, 4.69) is 0 Å². The summed E-state index contributed by atoms with van der Waals surface area (Å²) in [5.74, 6) is 0.901. The van der Waals surface area contributed by atoms with Gasteiger partial charge in [0.05, 0.1) is 4.91 Å². The smallest absolute Gasteiger partial charge is 0.293 e. The lowest BCUT2D eigenvalue weighted by molar-refractivity contribution is -0.122. The third kappa shape index (κ3) is 2.82. The molecule has 3 rings (SSSR count). The molecule has 22 heavy (non-hydrogen) atoms. The molecular formula is C16H12ClNO3S. The predicted molar refractivity (Wildman–Crippen MR) is 87.5 cm³/mol. The summed E-state index contributed by atoms with van der Waals surface area (Å²) in [5, 5.41) is 0.375. The van der Waals surface area contributed by atoms with Crippen molar-refractivity contribution in [3.63, 3.8) is 0 Å². The third-order valence-corrected chi connectivity index (χ3v) is 4.34. The Labute approximate surface area is 136 Å². The molecular weight excluding hydrogens is 322 g/mol. The number of nitrogens with zero attached hydrogens (tertiary/aromatic N) is 1. The number of imide groups is 1. The monoisotopic (exact) mass is 333 g/mol. The molecule has 2 heterocycles. The third-order valence-electron chi connectivity index (χ3n) is 3.20. The van der Waals surface area contributed by atoms with Crippen molar-refractivity contribution in [3.05, 3.63) is 52.1 Å². The standard InChI is InChI=1S/C16H12ClNO3S/c1-2-18-15(19)14(22-16(18)20)9-12-6-7-13(21-12)10-4-3-5-11(17)8-10/h3-9H,2H2,1H3/b14-9-. The molecule has 1 saturated heterocycles. The minimum Gasteiger partial charge on any atom is -0.457 e. The van der Waals surface area contributed by atoms with Gasteiger partial charge in [0.25, 0.3) is 11.1 Å². The molecule has 0 bridgehead atoms. The Morgan fingerprint density at radius 2 is 2.09 bits per heavy atom. The zero-order valence-electron chi connectivity index (χ0n) is 11.7. The van der Waals surface area contributed by atoms with Crippen molar-refractivity contribution in [2.24, 2.45) is 0 Å². The predicted octanol–water partition coefficient (Wildman–Crippen LogP) is 4.66. The van der Waals surface area contributed by atoms with Crippen LogP contribution < -0.4 is 0 Å². The van der Waals surface area contributed by atoms with E-state index in [9.17, 15) is 9.59 Å². The lowest BCUT2D eigenvalue weighted by Gasteiger charge is -2.06. The van der Waals surface area contributed by atoms with Crippen LogP contribution in [-0.2, 0) is 4.79 Å². The van der Waals surface area contributed by atoms with Gasteiger partial charge >= 0.3 is 0 Å². The maximum absolute atomic E-state index is 12.0. The van der Waals surface area contributed by atoms with Gasteiger partial charge in [0, 0.05) is 23.2 Å². The highest BCUT2D eigenvalue weighted by Gasteiger charge is 2.33. The van der Waals surface area contributed by atoms with Crippen LogP contribution >= 0.6 is 23.4 Å². The molecule has 1 aliphatic heterocycles. The van der Waals surface area contributed by atoms with Gasteiger partial charge in [0.1, 0.15) is 11.5 Å². The zero-order chi connectivity index (χ0) is 15.7. The average molecular weight is 334 g/mol. The van der Waals surface area contributed by atoms with Crippen molar-refractivity contribution in [1.29, 1.82) is 0 Å². The van der Waals surface area contributed by atoms with Crippen molar-refractivity contribution < 1.29 is 14.0 Å². The largest absolute Gasteiger partial charge is 0.457 e. The number of benzene rings is 1. The fourth-order valence-corrected chi connectivity index (χ4v) is 3.20. The molecule has 6 heteroatoms. The minimum atomic E-state index is -0.279. The summed E-state index contributed by atoms with van der Waals surface area (Å²) in [4.78, 5) is 25.3. The van der Waals surface area contributed by atoms with E-state index in [1.807, 2.05) is 18.2 Å². The van der Waals surface area contributed by atoms with Crippen LogP contribution in [0.4, 0.5) is 4.79 Å². The highest BCUT2D eigenvalue weighted by molar-refractivity contribution is 8.18. The van der Waals surface area contributed by atoms with E-state index in [1.54, 1.807) is 31.2 Å². The molecule has 0 unspecified atom stereocenters. The summed E-state index contributed by atoms with van der Waals surface area (Å²) in [6.07, 6.45) is 1.59. The number of halogens is 1. The first-order valence-corrected chi connectivity index (χ1v) is 7.89. The second-order valence-electron chi connectivity index (χ2n) is 4.64. The van der Waals surface area contributed by atoms with Crippen molar-refractivity contribution >= 4 is 40.6 Å². The van der Waals surface area contributed by atoms with E-state index in [0.717, 1.165) is 17.3 Å². The molecule has 0 N–H and O–H groups in total. The van der Waals surface area contributed by atoms with Gasteiger partial charge in [0.15, 0.2) is 0 Å². The van der Waals surface area contributed by atoms with Gasteiger partial charge < -0.3 is 4.42 Å². The fourth-order valence-electron chi connectivity index (χ4n) is 2.13. The summed E-state index contributed by atoms with van der Waals surface area (Å²) in [7, 11) is 0. The van der Waals surface area contributed by atoms with E-state index in [1.165, 1.54) is 4.90 Å². The molecule has 4 nitrogen and oxygen atoms in total. The average Bonchev–Trinajstić information content (AvgIpc) is 3.05. The summed E-state index contributed by atoms with van der Waals surface area (Å²) in [6, 6.07) is 10.9. The summed E-state index contributed by atoms with van der Waals surface area (Å²) in [5.41, 5.74) is 0.855. The molecule has 1 fully saturated rings. The topological polar surface area (TPSA) is 50.5 Å². The number of carbonyl (C=O) groups is 2. The van der Waals surface area contributed by atoms with E-state index in [4.69, 9.17) is 16.0 Å². The van der Waals surface area contributed by atoms with Gasteiger partial charge in [-0.25, -0.2) is 0 Å². The van der Waals surface area contributed by atoms with Crippen LogP contribution in [0.3, 0.4) is 0 Å². The first kappa shape index (κ1) is 14.9. The maximum atomic E-state index is 12.0. The van der Waals surface area contributed by atoms with Crippen LogP contribution in [-0.4, -0.2) is 22.6 Å². The highest BCUT2D eigenvalue weighted by Crippen LogP contribution is 2.33. The van der Waals surface area contributed by atoms with Gasteiger partial charge in [-0.3, -0.25) is 14.5 Å². The van der Waals surface area contributed by atoms with Gasteiger partial charge in [-0.05, 0) is 43.0 Å². The number of thioether (sulfide) groups is 1. The Bertz CT molecular complexity index is 781. The van der Waals surface area contributed by atoms with E-state index in [0.29, 0.717) is 28.0 Å². The van der Waals surface area contributed by atoms with Crippen LogP contribution in [0.1, 0.15) is 12.7 Å². The van der Waals surface area contributed by atoms with Crippen LogP contribution in [0.15, 0.2) is 45.7 Å². The number of furan rings is 1. The van der Waals surface area contributed by atoms with E-state index in [-0.39, 0.29) is 11.1 Å². The number of carbonyl (C=O) groups excluding carboxylic acids is 2. The van der Waals surface area contributed by atoms with Crippen molar-refractivity contribution in [2.75, 3.05) is 6.54 Å². The van der Waals surface area contributed by atoms with Gasteiger partial charge in [0.2, 0.25) is 0 Å². The van der Waals surface area contributed by atoms with E-state index >= 15 is 0 Å². The molecule has 0 saturated carbocycles. The number of hydrogen-bond acceptors (Lipinski definition) is 4. The van der Waals surface area contributed by atoms with Crippen molar-refractivity contribution in [1.82, 2.24) is 4.90 Å². The normalized spacial score (nSPS) is 16.8. The molecule has 0 radical (unpaired) electrons. The van der Waals surface area contributed by atoms with Crippen molar-refractivity contribution in [2.45, 2.75) is 6.92 Å². The second kappa shape index (κ2) is 6.02. The van der Waals surface area contributed by atoms with Crippen LogP contribution in [0, 0.1) is 0 Å². The number of hydrogen-bond donors (Lipinski definition) is 0. The lowest BCUT2D eigenvalue weighted by atomic mass is 10.2. The molecule has 112 valence electrons. The van der Waals surface area contributed by atoms with Crippen LogP contribution in [0.25, 0.3) is 17.4 Å². The van der Waals surface area contributed by atoms with Crippen molar-refractivity contribution in [3.8, 4) is 11.3 Å². The Morgan fingerprint density at radius 1 is 1.27 bits per heavy atom. The SMILES string of the molecule is CCN1C(=O)S/C(=C\c2ccc(-c3cccc(Cl)c3)o2)C1=O. The first-order valence-electron chi connectivity index (χ1n) is 6.69. The first-order chi connectivity index (χ1) is 10.6. The molecule has 1 aliphatic rings. The number of rotatable bonds is 3. The van der Waals surface area contributed by atoms with Crippen LogP contribution in [0.2, 0.25) is 5.02 Å².